The largest absolute Gasteiger partial charge is 0.280 e. The summed E-state index contributed by atoms with van der Waals surface area (Å²) >= 11 is 1.63. The van der Waals surface area contributed by atoms with Crippen LogP contribution in [0.25, 0.3) is 23.0 Å². The van der Waals surface area contributed by atoms with Gasteiger partial charge in [0.25, 0.3) is 5.91 Å². The normalized spacial score (nSPS) is 16.4. The Balaban J connectivity index is 1.28. The van der Waals surface area contributed by atoms with Crippen molar-refractivity contribution in [1.29, 1.82) is 0 Å². The summed E-state index contributed by atoms with van der Waals surface area (Å²) in [4.78, 5) is 15.4. The molecule has 2 aliphatic rings. The Labute approximate surface area is 285 Å². The van der Waals surface area contributed by atoms with Crippen molar-refractivity contribution in [3.05, 3.63) is 132 Å². The Morgan fingerprint density at radius 2 is 1.44 bits per heavy atom. The van der Waals surface area contributed by atoms with Crippen LogP contribution in [0.5, 0.6) is 0 Å². The Kier molecular flexibility index (Phi) is 9.12. The molecular weight excluding hydrogens is 639 g/mol. The molecule has 0 atom stereocenters. The fraction of sp³-hybridized carbons (Fsp3) is 0.184. The van der Waals surface area contributed by atoms with Crippen LogP contribution in [0.2, 0.25) is 0 Å². The monoisotopic (exact) mass is 673 g/mol. The van der Waals surface area contributed by atoms with E-state index in [1.54, 1.807) is 45.0 Å². The van der Waals surface area contributed by atoms with Gasteiger partial charge < -0.3 is 0 Å². The van der Waals surface area contributed by atoms with Crippen LogP contribution >= 0.6 is 11.8 Å². The molecule has 0 saturated carbocycles. The molecule has 1 amide bonds. The van der Waals surface area contributed by atoms with Crippen molar-refractivity contribution >= 4 is 45.2 Å². The van der Waals surface area contributed by atoms with Gasteiger partial charge in [-0.15, -0.1) is 11.8 Å². The van der Waals surface area contributed by atoms with Gasteiger partial charge >= 0.3 is 0 Å². The molecule has 10 heteroatoms. The minimum absolute atomic E-state index is 0.220. The number of para-hydroxylation sites is 2. The predicted octanol–water partition coefficient (Wildman–Crippen LogP) is 7.60. The highest BCUT2D eigenvalue weighted by atomic mass is 32.2. The molecule has 48 heavy (non-hydrogen) atoms. The molecule has 0 bridgehead atoms. The highest BCUT2D eigenvalue weighted by Crippen LogP contribution is 2.32. The number of carbonyl (C=O) groups excluding carboxylic acids is 1. The van der Waals surface area contributed by atoms with E-state index in [1.165, 1.54) is 10.6 Å². The quantitative estimate of drug-likeness (QED) is 0.119. The van der Waals surface area contributed by atoms with E-state index in [0.29, 0.717) is 41.5 Å². The average Bonchev–Trinajstić information content (AvgIpc) is 3.70. The third kappa shape index (κ3) is 6.64. The lowest BCUT2D eigenvalue weighted by Gasteiger charge is -2.25. The van der Waals surface area contributed by atoms with E-state index in [-0.39, 0.29) is 10.8 Å². The molecule has 7 rings (SSSR count). The van der Waals surface area contributed by atoms with Crippen LogP contribution in [-0.2, 0) is 14.8 Å². The van der Waals surface area contributed by atoms with Crippen LogP contribution in [0.1, 0.15) is 30.4 Å². The number of aromatic nitrogens is 2. The number of nitrogens with zero attached hydrogens (tertiary/aromatic N) is 5. The van der Waals surface area contributed by atoms with Crippen molar-refractivity contribution in [1.82, 2.24) is 14.1 Å². The Morgan fingerprint density at radius 1 is 0.792 bits per heavy atom. The summed E-state index contributed by atoms with van der Waals surface area (Å²) in [5, 5.41) is 11.2. The highest BCUT2D eigenvalue weighted by Gasteiger charge is 2.32. The lowest BCUT2D eigenvalue weighted by atomic mass is 10.0. The summed E-state index contributed by atoms with van der Waals surface area (Å²) in [6.07, 6.45) is 6.57. The van der Waals surface area contributed by atoms with E-state index in [9.17, 15) is 13.2 Å². The van der Waals surface area contributed by atoms with Gasteiger partial charge in [0.05, 0.1) is 33.2 Å². The smallest absolute Gasteiger partial charge is 0.267 e. The van der Waals surface area contributed by atoms with Crippen LogP contribution in [0, 0.1) is 6.92 Å². The molecule has 0 radical (unpaired) electrons. The standard InChI is InChI=1S/C38H35N5O3S2/c1-28-15-19-33(20-16-28)47-27-36-35(38(44)43(39-36)32-13-7-3-8-14-32)25-30-26-42(31-11-5-2-6-12-31)40-37(30)29-17-21-34(22-18-29)48(45,46)41-23-9-4-10-24-41/h2-3,5-8,11-22,25-26H,4,9-10,23-24,27H2,1H3. The van der Waals surface area contributed by atoms with Gasteiger partial charge in [-0.25, -0.2) is 13.1 Å². The molecule has 3 heterocycles. The van der Waals surface area contributed by atoms with Crippen molar-refractivity contribution < 1.29 is 13.2 Å². The van der Waals surface area contributed by atoms with Crippen molar-refractivity contribution in [2.75, 3.05) is 23.9 Å². The Hall–Kier alpha value is -4.77. The van der Waals surface area contributed by atoms with Gasteiger partial charge in [0.1, 0.15) is 0 Å². The molecule has 5 aromatic rings. The molecule has 1 aromatic heterocycles. The Bertz CT molecular complexity index is 2090. The number of aryl methyl sites for hydroxylation is 1. The summed E-state index contributed by atoms with van der Waals surface area (Å²) in [5.74, 6) is 0.275. The van der Waals surface area contributed by atoms with E-state index in [4.69, 9.17) is 10.2 Å². The first-order chi connectivity index (χ1) is 23.4. The maximum atomic E-state index is 14.0. The number of carbonyl (C=O) groups is 1. The van der Waals surface area contributed by atoms with Gasteiger partial charge in [-0.1, -0.05) is 72.6 Å². The van der Waals surface area contributed by atoms with Gasteiger partial charge in [-0.3, -0.25) is 4.79 Å². The molecule has 0 N–H and O–H groups in total. The SMILES string of the molecule is Cc1ccc(SCC2=NN(c3ccccc3)C(=O)C2=Cc2cn(-c3ccccc3)nc2-c2ccc(S(=O)(=O)N3CCCCC3)cc2)cc1. The van der Waals surface area contributed by atoms with Crippen molar-refractivity contribution in [2.24, 2.45) is 5.10 Å². The molecule has 0 aliphatic carbocycles. The third-order valence-corrected chi connectivity index (χ3v) is 11.4. The third-order valence-electron chi connectivity index (χ3n) is 8.50. The van der Waals surface area contributed by atoms with E-state index < -0.39 is 10.0 Å². The van der Waals surface area contributed by atoms with Crippen LogP contribution in [-0.4, -0.2) is 53.0 Å². The minimum atomic E-state index is -3.58. The van der Waals surface area contributed by atoms with Gasteiger partial charge in [-0.2, -0.15) is 19.5 Å². The average molecular weight is 674 g/mol. The van der Waals surface area contributed by atoms with Crippen LogP contribution in [0.4, 0.5) is 5.69 Å². The molecule has 8 nitrogen and oxygen atoms in total. The molecule has 4 aromatic carbocycles. The zero-order valence-electron chi connectivity index (χ0n) is 26.6. The van der Waals surface area contributed by atoms with E-state index in [1.807, 2.05) is 72.9 Å². The lowest BCUT2D eigenvalue weighted by Crippen LogP contribution is -2.35. The maximum Gasteiger partial charge on any atom is 0.280 e. The second-order valence-corrected chi connectivity index (χ2v) is 14.8. The van der Waals surface area contributed by atoms with Gasteiger partial charge in [0, 0.05) is 41.1 Å². The molecule has 1 fully saturated rings. The van der Waals surface area contributed by atoms with E-state index >= 15 is 0 Å². The number of benzene rings is 4. The Morgan fingerprint density at radius 3 is 2.10 bits per heavy atom. The first-order valence-electron chi connectivity index (χ1n) is 16.0. The van der Waals surface area contributed by atoms with Crippen LogP contribution in [0.3, 0.4) is 0 Å². The van der Waals surface area contributed by atoms with Gasteiger partial charge in [0.2, 0.25) is 10.0 Å². The summed E-state index contributed by atoms with van der Waals surface area (Å²) in [6, 6.07) is 34.4. The van der Waals surface area contributed by atoms with Gasteiger partial charge in [-0.05, 0) is 74.4 Å². The molecule has 1 saturated heterocycles. The number of sulfonamides is 1. The first kappa shape index (κ1) is 31.8. The number of hydrogen-bond donors (Lipinski definition) is 0. The molecule has 0 spiro atoms. The summed E-state index contributed by atoms with van der Waals surface area (Å²) < 4.78 is 30.1. The molecular formula is C38H35N5O3S2. The van der Waals surface area contributed by atoms with Crippen molar-refractivity contribution in [3.8, 4) is 16.9 Å². The molecule has 2 aliphatic heterocycles. The number of thioether (sulfide) groups is 1. The van der Waals surface area contributed by atoms with Crippen LogP contribution < -0.4 is 5.01 Å². The lowest BCUT2D eigenvalue weighted by molar-refractivity contribution is -0.114. The number of piperidine rings is 1. The zero-order valence-corrected chi connectivity index (χ0v) is 28.2. The zero-order chi connectivity index (χ0) is 33.1. The number of rotatable bonds is 9. The van der Waals surface area contributed by atoms with Crippen LogP contribution in [0.15, 0.2) is 136 Å². The predicted molar refractivity (Wildman–Crippen MR) is 193 cm³/mol. The number of hydrogen-bond acceptors (Lipinski definition) is 6. The summed E-state index contributed by atoms with van der Waals surface area (Å²) in [6.45, 7) is 3.15. The van der Waals surface area contributed by atoms with E-state index in [2.05, 4.69) is 31.2 Å². The fourth-order valence-corrected chi connectivity index (χ4v) is 8.23. The second kappa shape index (κ2) is 13.8. The van der Waals surface area contributed by atoms with Crippen molar-refractivity contribution in [2.45, 2.75) is 36.0 Å². The number of anilines is 1. The minimum Gasteiger partial charge on any atom is -0.267 e. The summed E-state index contributed by atoms with van der Waals surface area (Å²) in [7, 11) is -3.58. The maximum absolute atomic E-state index is 14.0. The van der Waals surface area contributed by atoms with Gasteiger partial charge in [0.15, 0.2) is 0 Å². The molecule has 0 unspecified atom stereocenters. The first-order valence-corrected chi connectivity index (χ1v) is 18.4. The number of hydrazone groups is 1. The van der Waals surface area contributed by atoms with Crippen molar-refractivity contribution in [3.63, 3.8) is 0 Å². The van der Waals surface area contributed by atoms with E-state index in [0.717, 1.165) is 41.0 Å². The highest BCUT2D eigenvalue weighted by molar-refractivity contribution is 8.00. The topological polar surface area (TPSA) is 87.9 Å². The molecule has 242 valence electrons. The fourth-order valence-electron chi connectivity index (χ4n) is 5.86. The summed E-state index contributed by atoms with van der Waals surface area (Å²) in [5.41, 5.74) is 5.97. The second-order valence-electron chi connectivity index (χ2n) is 11.9. The number of amides is 1.